The van der Waals surface area contributed by atoms with E-state index in [-0.39, 0.29) is 6.04 Å². The van der Waals surface area contributed by atoms with Gasteiger partial charge < -0.3 is 5.32 Å². The van der Waals surface area contributed by atoms with Crippen LogP contribution in [0.4, 0.5) is 0 Å². The van der Waals surface area contributed by atoms with E-state index in [9.17, 15) is 0 Å². The second kappa shape index (κ2) is 7.41. The molecule has 1 heterocycles. The molecule has 1 N–H and O–H groups in total. The molecule has 108 valence electrons. The van der Waals surface area contributed by atoms with Crippen LogP contribution in [0.3, 0.4) is 0 Å². The van der Waals surface area contributed by atoms with E-state index in [0.29, 0.717) is 5.02 Å². The molecule has 20 heavy (non-hydrogen) atoms. The zero-order valence-corrected chi connectivity index (χ0v) is 13.9. The molecule has 0 radical (unpaired) electrons. The predicted octanol–water partition coefficient (Wildman–Crippen LogP) is 5.04. The van der Waals surface area contributed by atoms with Crippen molar-refractivity contribution >= 4 is 34.5 Å². The highest BCUT2D eigenvalue weighted by Crippen LogP contribution is 2.29. The van der Waals surface area contributed by atoms with Crippen LogP contribution in [0, 0.1) is 6.92 Å². The van der Waals surface area contributed by atoms with Crippen molar-refractivity contribution in [2.24, 2.45) is 0 Å². The minimum Gasteiger partial charge on any atom is -0.310 e. The van der Waals surface area contributed by atoms with Crippen molar-refractivity contribution in [1.82, 2.24) is 10.3 Å². The number of benzene rings is 1. The lowest BCUT2D eigenvalue weighted by Gasteiger charge is -2.19. The summed E-state index contributed by atoms with van der Waals surface area (Å²) in [5.74, 6) is 0. The summed E-state index contributed by atoms with van der Waals surface area (Å²) in [6, 6.07) is 5.75. The Kier molecular flexibility index (Phi) is 5.85. The van der Waals surface area contributed by atoms with Gasteiger partial charge in [0.1, 0.15) is 0 Å². The molecule has 0 aliphatic heterocycles. The van der Waals surface area contributed by atoms with Crippen LogP contribution in [0.2, 0.25) is 10.0 Å². The molecule has 2 aromatic rings. The lowest BCUT2D eigenvalue weighted by Crippen LogP contribution is -2.24. The molecule has 0 amide bonds. The molecule has 0 aliphatic rings. The van der Waals surface area contributed by atoms with Gasteiger partial charge in [0.15, 0.2) is 0 Å². The molecule has 2 nitrogen and oxygen atoms in total. The Balaban J connectivity index is 2.24. The zero-order valence-electron chi connectivity index (χ0n) is 11.6. The fourth-order valence-electron chi connectivity index (χ4n) is 2.10. The standard InChI is InChI=1S/C15H18Cl2N2S/c1-3-6-18-15(8-12-9-20-10(2)19-12)13-7-11(16)4-5-14(13)17/h4-5,7,9,15,18H,3,6,8H2,1-2H3. The normalized spacial score (nSPS) is 12.6. The fourth-order valence-corrected chi connectivity index (χ4v) is 3.16. The summed E-state index contributed by atoms with van der Waals surface area (Å²) < 4.78 is 0. The van der Waals surface area contributed by atoms with Gasteiger partial charge >= 0.3 is 0 Å². The first-order chi connectivity index (χ1) is 9.60. The van der Waals surface area contributed by atoms with Crippen LogP contribution < -0.4 is 5.32 Å². The summed E-state index contributed by atoms with van der Waals surface area (Å²) in [7, 11) is 0. The second-order valence-electron chi connectivity index (χ2n) is 4.73. The van der Waals surface area contributed by atoms with E-state index in [4.69, 9.17) is 23.2 Å². The Bertz CT molecular complexity index is 569. The van der Waals surface area contributed by atoms with Crippen molar-refractivity contribution in [2.75, 3.05) is 6.54 Å². The average Bonchev–Trinajstić information content (AvgIpc) is 2.83. The molecule has 2 rings (SSSR count). The lowest BCUT2D eigenvalue weighted by molar-refractivity contribution is 0.525. The topological polar surface area (TPSA) is 24.9 Å². The minimum absolute atomic E-state index is 0.141. The lowest BCUT2D eigenvalue weighted by atomic mass is 10.0. The Morgan fingerprint density at radius 3 is 2.80 bits per heavy atom. The third-order valence-corrected chi connectivity index (χ3v) is 4.46. The number of rotatable bonds is 6. The van der Waals surface area contributed by atoms with Crippen LogP contribution in [0.15, 0.2) is 23.6 Å². The van der Waals surface area contributed by atoms with Crippen LogP contribution in [-0.2, 0) is 6.42 Å². The average molecular weight is 329 g/mol. The van der Waals surface area contributed by atoms with E-state index in [0.717, 1.165) is 40.7 Å². The largest absolute Gasteiger partial charge is 0.310 e. The SMILES string of the molecule is CCCNC(Cc1csc(C)n1)c1cc(Cl)ccc1Cl. The smallest absolute Gasteiger partial charge is 0.0897 e. The van der Waals surface area contributed by atoms with Crippen LogP contribution >= 0.6 is 34.5 Å². The van der Waals surface area contributed by atoms with E-state index >= 15 is 0 Å². The number of hydrogen-bond donors (Lipinski definition) is 1. The van der Waals surface area contributed by atoms with E-state index in [2.05, 4.69) is 22.6 Å². The Morgan fingerprint density at radius 2 is 2.15 bits per heavy atom. The minimum atomic E-state index is 0.141. The number of aryl methyl sites for hydroxylation is 1. The van der Waals surface area contributed by atoms with Gasteiger partial charge in [0.25, 0.3) is 0 Å². The van der Waals surface area contributed by atoms with E-state index < -0.39 is 0 Å². The van der Waals surface area contributed by atoms with Gasteiger partial charge in [-0.25, -0.2) is 4.98 Å². The summed E-state index contributed by atoms with van der Waals surface area (Å²) in [5.41, 5.74) is 2.13. The van der Waals surface area contributed by atoms with Crippen molar-refractivity contribution in [3.63, 3.8) is 0 Å². The Hall–Kier alpha value is -0.610. The molecule has 0 saturated carbocycles. The molecule has 1 unspecified atom stereocenters. The molecule has 0 spiro atoms. The van der Waals surface area contributed by atoms with Crippen LogP contribution in [0.5, 0.6) is 0 Å². The van der Waals surface area contributed by atoms with Crippen molar-refractivity contribution < 1.29 is 0 Å². The van der Waals surface area contributed by atoms with Crippen molar-refractivity contribution in [2.45, 2.75) is 32.7 Å². The van der Waals surface area contributed by atoms with Crippen molar-refractivity contribution in [3.05, 3.63) is 49.9 Å². The summed E-state index contributed by atoms with van der Waals surface area (Å²) in [4.78, 5) is 4.54. The molecular formula is C15H18Cl2N2S. The van der Waals surface area contributed by atoms with Crippen LogP contribution in [0.1, 0.15) is 35.7 Å². The highest BCUT2D eigenvalue weighted by molar-refractivity contribution is 7.09. The molecule has 0 bridgehead atoms. The third-order valence-electron chi connectivity index (χ3n) is 3.05. The van der Waals surface area contributed by atoms with Gasteiger partial charge in [0.05, 0.1) is 10.7 Å². The van der Waals surface area contributed by atoms with Gasteiger partial charge in [0, 0.05) is 27.9 Å². The predicted molar refractivity (Wildman–Crippen MR) is 88.1 cm³/mol. The van der Waals surface area contributed by atoms with Gasteiger partial charge in [-0.15, -0.1) is 11.3 Å². The maximum Gasteiger partial charge on any atom is 0.0897 e. The van der Waals surface area contributed by atoms with E-state index in [1.54, 1.807) is 11.3 Å². The molecule has 1 aromatic heterocycles. The molecule has 0 aliphatic carbocycles. The summed E-state index contributed by atoms with van der Waals surface area (Å²) >= 11 is 14.1. The second-order valence-corrected chi connectivity index (χ2v) is 6.64. The Morgan fingerprint density at radius 1 is 1.35 bits per heavy atom. The number of nitrogens with one attached hydrogen (secondary N) is 1. The Labute approximate surface area is 134 Å². The highest BCUT2D eigenvalue weighted by Gasteiger charge is 2.16. The number of thiazole rings is 1. The van der Waals surface area contributed by atoms with Crippen LogP contribution in [-0.4, -0.2) is 11.5 Å². The summed E-state index contributed by atoms with van der Waals surface area (Å²) in [5, 5.41) is 8.18. The molecule has 0 saturated heterocycles. The van der Waals surface area contributed by atoms with Crippen molar-refractivity contribution in [1.29, 1.82) is 0 Å². The summed E-state index contributed by atoms with van der Waals surface area (Å²) in [6.45, 7) is 5.11. The molecule has 0 fully saturated rings. The summed E-state index contributed by atoms with van der Waals surface area (Å²) in [6.07, 6.45) is 1.90. The quantitative estimate of drug-likeness (QED) is 0.803. The molecule has 5 heteroatoms. The van der Waals surface area contributed by atoms with Gasteiger partial charge in [0.2, 0.25) is 0 Å². The first-order valence-corrected chi connectivity index (χ1v) is 8.33. The van der Waals surface area contributed by atoms with E-state index in [1.807, 2.05) is 25.1 Å². The maximum absolute atomic E-state index is 6.32. The van der Waals surface area contributed by atoms with Gasteiger partial charge in [-0.2, -0.15) is 0 Å². The van der Waals surface area contributed by atoms with Gasteiger partial charge in [-0.05, 0) is 43.7 Å². The number of halogens is 2. The number of aromatic nitrogens is 1. The monoisotopic (exact) mass is 328 g/mol. The third kappa shape index (κ3) is 4.19. The number of nitrogens with zero attached hydrogens (tertiary/aromatic N) is 1. The highest BCUT2D eigenvalue weighted by atomic mass is 35.5. The zero-order chi connectivity index (χ0) is 14.5. The van der Waals surface area contributed by atoms with Gasteiger partial charge in [-0.3, -0.25) is 0 Å². The first kappa shape index (κ1) is 15.8. The molecule has 1 aromatic carbocycles. The molecule has 1 atom stereocenters. The fraction of sp³-hybridized carbons (Fsp3) is 0.400. The maximum atomic E-state index is 6.32. The number of hydrogen-bond acceptors (Lipinski definition) is 3. The molecular weight excluding hydrogens is 311 g/mol. The van der Waals surface area contributed by atoms with E-state index in [1.165, 1.54) is 0 Å². The van der Waals surface area contributed by atoms with Crippen LogP contribution in [0.25, 0.3) is 0 Å². The first-order valence-electron chi connectivity index (χ1n) is 6.69. The van der Waals surface area contributed by atoms with Gasteiger partial charge in [-0.1, -0.05) is 30.1 Å². The van der Waals surface area contributed by atoms with Crippen molar-refractivity contribution in [3.8, 4) is 0 Å².